The molecule has 114 valence electrons. The Kier molecular flexibility index (Phi) is 5.02. The minimum atomic E-state index is -0.0439. The molecule has 0 aliphatic carbocycles. The number of rotatable bonds is 4. The highest BCUT2D eigenvalue weighted by Gasteiger charge is 2.28. The molecule has 3 N–H and O–H groups in total. The Morgan fingerprint density at radius 3 is 2.81 bits per heavy atom. The van der Waals surface area contributed by atoms with E-state index in [-0.39, 0.29) is 11.3 Å². The van der Waals surface area contributed by atoms with Crippen molar-refractivity contribution in [2.75, 3.05) is 32.4 Å². The van der Waals surface area contributed by atoms with Gasteiger partial charge in [0.05, 0.1) is 0 Å². The zero-order chi connectivity index (χ0) is 15.3. The first-order valence-electron chi connectivity index (χ1n) is 7.47. The first-order valence-corrected chi connectivity index (χ1v) is 7.47. The van der Waals surface area contributed by atoms with E-state index in [9.17, 15) is 4.79 Å². The summed E-state index contributed by atoms with van der Waals surface area (Å²) in [5.74, 6) is -0.0439. The van der Waals surface area contributed by atoms with E-state index >= 15 is 0 Å². The molecule has 0 spiro atoms. The summed E-state index contributed by atoms with van der Waals surface area (Å²) in [6.07, 6.45) is 5.63. The lowest BCUT2D eigenvalue weighted by atomic mass is 9.80. The Hall–Kier alpha value is -1.81. The van der Waals surface area contributed by atoms with Gasteiger partial charge in [0.2, 0.25) is 5.91 Å². The maximum Gasteiger partial charge on any atom is 0.244 e. The molecule has 0 saturated carbocycles. The molecule has 1 aromatic carbocycles. The van der Waals surface area contributed by atoms with E-state index in [1.807, 2.05) is 24.3 Å². The molecule has 1 saturated heterocycles. The number of carbonyl (C=O) groups excluding carboxylic acids is 1. The third kappa shape index (κ3) is 4.90. The first kappa shape index (κ1) is 15.6. The van der Waals surface area contributed by atoms with Crippen molar-refractivity contribution in [3.05, 3.63) is 35.9 Å². The Bertz CT molecular complexity index is 517. The number of hydrogen-bond acceptors (Lipinski definition) is 3. The second kappa shape index (κ2) is 6.76. The average molecular weight is 287 g/mol. The lowest BCUT2D eigenvalue weighted by Crippen LogP contribution is -2.43. The van der Waals surface area contributed by atoms with Crippen LogP contribution in [0.15, 0.2) is 30.3 Å². The minimum absolute atomic E-state index is 0.0439. The summed E-state index contributed by atoms with van der Waals surface area (Å²) in [5, 5.41) is 3.02. The number of piperidine rings is 1. The van der Waals surface area contributed by atoms with Gasteiger partial charge in [-0.25, -0.2) is 0 Å². The van der Waals surface area contributed by atoms with Crippen molar-refractivity contribution in [1.29, 1.82) is 0 Å². The molecule has 0 radical (unpaired) electrons. The fourth-order valence-corrected chi connectivity index (χ4v) is 2.53. The van der Waals surface area contributed by atoms with Crippen molar-refractivity contribution < 1.29 is 4.79 Å². The number of benzene rings is 1. The molecule has 1 aliphatic heterocycles. The van der Waals surface area contributed by atoms with Crippen LogP contribution in [0.3, 0.4) is 0 Å². The smallest absolute Gasteiger partial charge is 0.244 e. The molecule has 21 heavy (non-hydrogen) atoms. The maximum atomic E-state index is 11.9. The van der Waals surface area contributed by atoms with E-state index in [0.29, 0.717) is 5.69 Å². The number of nitrogens with two attached hydrogens (primary N) is 1. The van der Waals surface area contributed by atoms with Crippen LogP contribution < -0.4 is 11.1 Å². The highest BCUT2D eigenvalue weighted by molar-refractivity contribution is 5.91. The molecule has 0 unspecified atom stereocenters. The number of likely N-dealkylation sites (tertiary alicyclic amines) is 1. The Morgan fingerprint density at radius 2 is 2.14 bits per heavy atom. The summed E-state index contributed by atoms with van der Waals surface area (Å²) >= 11 is 0. The van der Waals surface area contributed by atoms with Crippen LogP contribution in [-0.2, 0) is 4.79 Å². The first-order chi connectivity index (χ1) is 9.97. The van der Waals surface area contributed by atoms with Gasteiger partial charge >= 0.3 is 0 Å². The molecular weight excluding hydrogens is 262 g/mol. The highest BCUT2D eigenvalue weighted by atomic mass is 16.1. The molecule has 0 aromatic heterocycles. The standard InChI is InChI=1S/C17H25N3O/c1-17(8-10-20(2)11-9-17)13-19-16(21)7-6-14-4-3-5-15(18)12-14/h3-7,12H,8-11,13,18H2,1-2H3,(H,19,21)/b7-6+. The maximum absolute atomic E-state index is 11.9. The van der Waals surface area contributed by atoms with Crippen molar-refractivity contribution in [2.45, 2.75) is 19.8 Å². The van der Waals surface area contributed by atoms with Crippen LogP contribution in [0, 0.1) is 5.41 Å². The van der Waals surface area contributed by atoms with Crippen molar-refractivity contribution in [1.82, 2.24) is 10.2 Å². The topological polar surface area (TPSA) is 58.4 Å². The van der Waals surface area contributed by atoms with Crippen molar-refractivity contribution in [2.24, 2.45) is 5.41 Å². The number of amides is 1. The van der Waals surface area contributed by atoms with Crippen LogP contribution in [0.5, 0.6) is 0 Å². The SMILES string of the molecule is CN1CCC(C)(CNC(=O)/C=C/c2cccc(N)c2)CC1. The number of carbonyl (C=O) groups is 1. The quantitative estimate of drug-likeness (QED) is 0.659. The Labute approximate surface area is 127 Å². The van der Waals surface area contributed by atoms with E-state index in [4.69, 9.17) is 5.73 Å². The lowest BCUT2D eigenvalue weighted by molar-refractivity contribution is -0.117. The number of nitrogen functional groups attached to an aromatic ring is 1. The zero-order valence-electron chi connectivity index (χ0n) is 12.9. The molecule has 0 atom stereocenters. The zero-order valence-corrected chi connectivity index (χ0v) is 12.9. The predicted molar refractivity (Wildman–Crippen MR) is 87.7 cm³/mol. The van der Waals surface area contributed by atoms with Crippen LogP contribution in [0.2, 0.25) is 0 Å². The highest BCUT2D eigenvalue weighted by Crippen LogP contribution is 2.29. The van der Waals surface area contributed by atoms with Crippen LogP contribution in [0.25, 0.3) is 6.08 Å². The summed E-state index contributed by atoms with van der Waals surface area (Å²) in [5.41, 5.74) is 7.57. The van der Waals surface area contributed by atoms with Gasteiger partial charge in [0.15, 0.2) is 0 Å². The molecule has 1 fully saturated rings. The molecule has 1 heterocycles. The molecule has 1 aromatic rings. The van der Waals surface area contributed by atoms with Crippen LogP contribution >= 0.6 is 0 Å². The second-order valence-corrected chi connectivity index (χ2v) is 6.34. The van der Waals surface area contributed by atoms with Crippen LogP contribution in [-0.4, -0.2) is 37.5 Å². The molecule has 2 rings (SSSR count). The van der Waals surface area contributed by atoms with Crippen molar-refractivity contribution in [3.8, 4) is 0 Å². The molecule has 4 heteroatoms. The third-order valence-corrected chi connectivity index (χ3v) is 4.22. The second-order valence-electron chi connectivity index (χ2n) is 6.34. The monoisotopic (exact) mass is 287 g/mol. The van der Waals surface area contributed by atoms with E-state index in [1.54, 1.807) is 12.2 Å². The largest absolute Gasteiger partial charge is 0.399 e. The Morgan fingerprint density at radius 1 is 1.43 bits per heavy atom. The van der Waals surface area contributed by atoms with Gasteiger partial charge < -0.3 is 16.0 Å². The van der Waals surface area contributed by atoms with Gasteiger partial charge in [-0.2, -0.15) is 0 Å². The average Bonchev–Trinajstić information content (AvgIpc) is 2.47. The molecular formula is C17H25N3O. The van der Waals surface area contributed by atoms with Crippen molar-refractivity contribution in [3.63, 3.8) is 0 Å². The summed E-state index contributed by atoms with van der Waals surface area (Å²) in [7, 11) is 2.15. The number of anilines is 1. The summed E-state index contributed by atoms with van der Waals surface area (Å²) in [6.45, 7) is 5.19. The van der Waals surface area contributed by atoms with E-state index in [2.05, 4.69) is 24.2 Å². The predicted octanol–water partition coefficient (Wildman–Crippen LogP) is 2.13. The van der Waals surface area contributed by atoms with Gasteiger partial charge in [-0.15, -0.1) is 0 Å². The van der Waals surface area contributed by atoms with Gasteiger partial charge in [-0.05, 0) is 62.2 Å². The van der Waals surface area contributed by atoms with Crippen molar-refractivity contribution >= 4 is 17.7 Å². The third-order valence-electron chi connectivity index (χ3n) is 4.22. The lowest BCUT2D eigenvalue weighted by Gasteiger charge is -2.37. The normalized spacial score (nSPS) is 18.8. The fourth-order valence-electron chi connectivity index (χ4n) is 2.53. The number of nitrogens with zero attached hydrogens (tertiary/aromatic N) is 1. The van der Waals surface area contributed by atoms with E-state index in [1.165, 1.54) is 0 Å². The summed E-state index contributed by atoms with van der Waals surface area (Å²) in [4.78, 5) is 14.2. The fraction of sp³-hybridized carbons (Fsp3) is 0.471. The van der Waals surface area contributed by atoms with Crippen LogP contribution in [0.1, 0.15) is 25.3 Å². The van der Waals surface area contributed by atoms with E-state index in [0.717, 1.165) is 38.0 Å². The van der Waals surface area contributed by atoms with Gasteiger partial charge in [0.1, 0.15) is 0 Å². The summed E-state index contributed by atoms with van der Waals surface area (Å²) < 4.78 is 0. The van der Waals surface area contributed by atoms with Crippen LogP contribution in [0.4, 0.5) is 5.69 Å². The van der Waals surface area contributed by atoms with Gasteiger partial charge in [0, 0.05) is 18.3 Å². The number of nitrogens with one attached hydrogen (secondary N) is 1. The molecule has 4 nitrogen and oxygen atoms in total. The Balaban J connectivity index is 1.82. The summed E-state index contributed by atoms with van der Waals surface area (Å²) in [6, 6.07) is 7.49. The van der Waals surface area contributed by atoms with Gasteiger partial charge in [-0.3, -0.25) is 4.79 Å². The van der Waals surface area contributed by atoms with Gasteiger partial charge in [0.25, 0.3) is 0 Å². The molecule has 0 bridgehead atoms. The van der Waals surface area contributed by atoms with E-state index < -0.39 is 0 Å². The molecule has 1 aliphatic rings. The molecule has 1 amide bonds. The number of hydrogen-bond donors (Lipinski definition) is 2. The minimum Gasteiger partial charge on any atom is -0.399 e. The van der Waals surface area contributed by atoms with Gasteiger partial charge in [-0.1, -0.05) is 19.1 Å².